The average Bonchev–Trinajstić information content (AvgIpc) is 2.96. The molecule has 22 heavy (non-hydrogen) atoms. The van der Waals surface area contributed by atoms with E-state index in [9.17, 15) is 9.18 Å². The van der Waals surface area contributed by atoms with E-state index in [2.05, 4.69) is 9.97 Å². The highest BCUT2D eigenvalue weighted by atomic mass is 19.1. The van der Waals surface area contributed by atoms with Crippen molar-refractivity contribution in [2.45, 2.75) is 19.4 Å². The van der Waals surface area contributed by atoms with E-state index in [1.165, 1.54) is 12.1 Å². The van der Waals surface area contributed by atoms with E-state index in [0.29, 0.717) is 19.7 Å². The maximum Gasteiger partial charge on any atom is 0.227 e. The molecule has 6 heteroatoms. The summed E-state index contributed by atoms with van der Waals surface area (Å²) in [5.74, 6) is 0.468. The van der Waals surface area contributed by atoms with Crippen LogP contribution in [0.2, 0.25) is 0 Å². The zero-order valence-corrected chi connectivity index (χ0v) is 12.4. The Morgan fingerprint density at radius 2 is 2.23 bits per heavy atom. The molecule has 1 aromatic heterocycles. The van der Waals surface area contributed by atoms with Gasteiger partial charge in [0, 0.05) is 18.4 Å². The van der Waals surface area contributed by atoms with Gasteiger partial charge in [0.1, 0.15) is 17.7 Å². The van der Waals surface area contributed by atoms with Gasteiger partial charge in [-0.25, -0.2) is 9.37 Å². The first kappa shape index (κ1) is 14.7. The summed E-state index contributed by atoms with van der Waals surface area (Å²) in [7, 11) is 0. The van der Waals surface area contributed by atoms with Crippen LogP contribution in [0.15, 0.2) is 30.5 Å². The van der Waals surface area contributed by atoms with E-state index in [1.807, 2.05) is 6.92 Å². The lowest BCUT2D eigenvalue weighted by atomic mass is 10.1. The highest BCUT2D eigenvalue weighted by Gasteiger charge is 2.27. The second-order valence-corrected chi connectivity index (χ2v) is 5.45. The van der Waals surface area contributed by atoms with Crippen molar-refractivity contribution >= 4 is 5.91 Å². The average molecular weight is 303 g/mol. The zero-order valence-electron chi connectivity index (χ0n) is 12.4. The number of nitrogens with one attached hydrogen (secondary N) is 1. The molecule has 1 fully saturated rings. The Balaban J connectivity index is 1.63. The third-order valence-corrected chi connectivity index (χ3v) is 3.72. The number of carbonyl (C=O) groups is 1. The van der Waals surface area contributed by atoms with Crippen LogP contribution in [0.25, 0.3) is 0 Å². The summed E-state index contributed by atoms with van der Waals surface area (Å²) in [6.45, 7) is 3.46. The number of nitrogens with zero attached hydrogens (tertiary/aromatic N) is 2. The predicted molar refractivity (Wildman–Crippen MR) is 78.7 cm³/mol. The molecule has 0 unspecified atom stereocenters. The zero-order chi connectivity index (χ0) is 15.5. The van der Waals surface area contributed by atoms with Gasteiger partial charge in [-0.15, -0.1) is 0 Å². The smallest absolute Gasteiger partial charge is 0.227 e. The lowest BCUT2D eigenvalue weighted by Gasteiger charge is -2.32. The number of H-pyrrole nitrogens is 1. The van der Waals surface area contributed by atoms with Gasteiger partial charge >= 0.3 is 0 Å². The predicted octanol–water partition coefficient (Wildman–Crippen LogP) is 2.00. The number of imidazole rings is 1. The summed E-state index contributed by atoms with van der Waals surface area (Å²) >= 11 is 0. The number of morpholine rings is 1. The minimum Gasteiger partial charge on any atom is -0.367 e. The van der Waals surface area contributed by atoms with Gasteiger partial charge in [-0.05, 0) is 24.6 Å². The first-order valence-electron chi connectivity index (χ1n) is 7.27. The van der Waals surface area contributed by atoms with E-state index in [1.54, 1.807) is 23.2 Å². The number of rotatable bonds is 3. The van der Waals surface area contributed by atoms with Crippen LogP contribution in [-0.4, -0.2) is 40.5 Å². The molecule has 1 aliphatic heterocycles. The maximum absolute atomic E-state index is 12.9. The van der Waals surface area contributed by atoms with E-state index in [-0.39, 0.29) is 24.2 Å². The highest BCUT2D eigenvalue weighted by Crippen LogP contribution is 2.20. The molecule has 116 valence electrons. The van der Waals surface area contributed by atoms with Crippen molar-refractivity contribution in [2.24, 2.45) is 0 Å². The molecule has 1 amide bonds. The second-order valence-electron chi connectivity index (χ2n) is 5.45. The first-order chi connectivity index (χ1) is 10.6. The number of aryl methyl sites for hydroxylation is 1. The lowest BCUT2D eigenvalue weighted by Crippen LogP contribution is -2.43. The van der Waals surface area contributed by atoms with Crippen LogP contribution >= 0.6 is 0 Å². The standard InChI is InChI=1S/C16H18FN3O2/c1-11-9-18-16(19-11)14-10-20(6-7-22-14)15(21)8-12-2-4-13(17)5-3-12/h2-5,9,14H,6-8,10H2,1H3,(H,18,19)/t14-/m0/s1. The van der Waals surface area contributed by atoms with Crippen LogP contribution in [0, 0.1) is 12.7 Å². The molecule has 0 saturated carbocycles. The number of carbonyl (C=O) groups excluding carboxylic acids is 1. The Bertz CT molecular complexity index is 654. The third-order valence-electron chi connectivity index (χ3n) is 3.72. The number of aromatic nitrogens is 2. The molecule has 0 aliphatic carbocycles. The number of aromatic amines is 1. The van der Waals surface area contributed by atoms with Gasteiger partial charge in [-0.3, -0.25) is 4.79 Å². The molecule has 0 radical (unpaired) electrons. The fourth-order valence-corrected chi connectivity index (χ4v) is 2.53. The fraction of sp³-hybridized carbons (Fsp3) is 0.375. The molecule has 5 nitrogen and oxygen atoms in total. The van der Waals surface area contributed by atoms with Crippen molar-refractivity contribution in [2.75, 3.05) is 19.7 Å². The molecule has 2 aromatic rings. The third kappa shape index (κ3) is 3.33. The summed E-state index contributed by atoms with van der Waals surface area (Å²) < 4.78 is 18.6. The van der Waals surface area contributed by atoms with Crippen LogP contribution in [0.1, 0.15) is 23.2 Å². The second kappa shape index (κ2) is 6.27. The van der Waals surface area contributed by atoms with Crippen molar-refractivity contribution in [3.8, 4) is 0 Å². The van der Waals surface area contributed by atoms with Crippen molar-refractivity contribution < 1.29 is 13.9 Å². The Hall–Kier alpha value is -2.21. The molecule has 3 rings (SSSR count). The van der Waals surface area contributed by atoms with Crippen molar-refractivity contribution in [1.29, 1.82) is 0 Å². The van der Waals surface area contributed by atoms with Crippen molar-refractivity contribution in [3.05, 3.63) is 53.4 Å². The van der Waals surface area contributed by atoms with Gasteiger partial charge < -0.3 is 14.6 Å². The molecule has 0 spiro atoms. The Labute approximate surface area is 128 Å². The number of amides is 1. The van der Waals surface area contributed by atoms with E-state index in [4.69, 9.17) is 4.74 Å². The lowest BCUT2D eigenvalue weighted by molar-refractivity contribution is -0.138. The molecule has 0 bridgehead atoms. The summed E-state index contributed by atoms with van der Waals surface area (Å²) in [5, 5.41) is 0. The van der Waals surface area contributed by atoms with Gasteiger partial charge in [0.15, 0.2) is 0 Å². The van der Waals surface area contributed by atoms with Crippen LogP contribution in [0.4, 0.5) is 4.39 Å². The minimum atomic E-state index is -0.296. The molecular formula is C16H18FN3O2. The number of ether oxygens (including phenoxy) is 1. The quantitative estimate of drug-likeness (QED) is 0.943. The maximum atomic E-state index is 12.9. The van der Waals surface area contributed by atoms with Gasteiger partial charge in [0.2, 0.25) is 5.91 Å². The Morgan fingerprint density at radius 1 is 1.45 bits per heavy atom. The molecule has 2 heterocycles. The summed E-state index contributed by atoms with van der Waals surface area (Å²) in [5.41, 5.74) is 1.77. The monoisotopic (exact) mass is 303 g/mol. The van der Waals surface area contributed by atoms with Gasteiger partial charge in [0.05, 0.1) is 19.6 Å². The normalized spacial score (nSPS) is 18.5. The summed E-state index contributed by atoms with van der Waals surface area (Å²) in [6, 6.07) is 6.02. The molecule has 1 aromatic carbocycles. The highest BCUT2D eigenvalue weighted by molar-refractivity contribution is 5.78. The summed E-state index contributed by atoms with van der Waals surface area (Å²) in [4.78, 5) is 21.6. The number of hydrogen-bond acceptors (Lipinski definition) is 3. The van der Waals surface area contributed by atoms with Crippen LogP contribution in [0.5, 0.6) is 0 Å². The molecular weight excluding hydrogens is 285 g/mol. The van der Waals surface area contributed by atoms with Gasteiger partial charge in [-0.1, -0.05) is 12.1 Å². The SMILES string of the molecule is Cc1cnc([C@@H]2CN(C(=O)Cc3ccc(F)cc3)CCO2)[nH]1. The molecule has 1 saturated heterocycles. The van der Waals surface area contributed by atoms with E-state index < -0.39 is 0 Å². The van der Waals surface area contributed by atoms with E-state index >= 15 is 0 Å². The minimum absolute atomic E-state index is 0.0168. The molecule has 1 N–H and O–H groups in total. The number of benzene rings is 1. The molecule has 1 aliphatic rings. The van der Waals surface area contributed by atoms with Gasteiger partial charge in [0.25, 0.3) is 0 Å². The topological polar surface area (TPSA) is 58.2 Å². The van der Waals surface area contributed by atoms with Crippen LogP contribution in [0.3, 0.4) is 0 Å². The van der Waals surface area contributed by atoms with Crippen LogP contribution in [-0.2, 0) is 16.0 Å². The molecule has 1 atom stereocenters. The van der Waals surface area contributed by atoms with Gasteiger partial charge in [-0.2, -0.15) is 0 Å². The van der Waals surface area contributed by atoms with Crippen molar-refractivity contribution in [3.63, 3.8) is 0 Å². The van der Waals surface area contributed by atoms with E-state index in [0.717, 1.165) is 17.1 Å². The number of halogens is 1. The number of hydrogen-bond donors (Lipinski definition) is 1. The van der Waals surface area contributed by atoms with Crippen molar-refractivity contribution in [1.82, 2.24) is 14.9 Å². The summed E-state index contributed by atoms with van der Waals surface area (Å²) in [6.07, 6.45) is 1.79. The Kier molecular flexibility index (Phi) is 4.20. The first-order valence-corrected chi connectivity index (χ1v) is 7.27. The fourth-order valence-electron chi connectivity index (χ4n) is 2.53. The Morgan fingerprint density at radius 3 is 2.91 bits per heavy atom. The van der Waals surface area contributed by atoms with Crippen LogP contribution < -0.4 is 0 Å². The largest absolute Gasteiger partial charge is 0.367 e.